The van der Waals surface area contributed by atoms with Crippen LogP contribution in [0.4, 0.5) is 20.4 Å². The van der Waals surface area contributed by atoms with E-state index in [-0.39, 0.29) is 23.2 Å². The molecule has 1 amide bonds. The molecule has 0 aliphatic carbocycles. The van der Waals surface area contributed by atoms with E-state index in [9.17, 15) is 13.6 Å². The fourth-order valence-corrected chi connectivity index (χ4v) is 1.60. The number of nitrogens with one attached hydrogen (secondary N) is 2. The van der Waals surface area contributed by atoms with Crippen LogP contribution in [0.1, 0.15) is 23.8 Å². The number of carbonyl (C=O) groups excluding carboxylic acids is 1. The van der Waals surface area contributed by atoms with Gasteiger partial charge in [0.05, 0.1) is 0 Å². The van der Waals surface area contributed by atoms with E-state index in [2.05, 4.69) is 20.6 Å². The zero-order chi connectivity index (χ0) is 15.2. The molecule has 1 aromatic heterocycles. The van der Waals surface area contributed by atoms with Gasteiger partial charge in [-0.05, 0) is 24.6 Å². The van der Waals surface area contributed by atoms with Crippen molar-refractivity contribution in [1.82, 2.24) is 15.3 Å². The van der Waals surface area contributed by atoms with Gasteiger partial charge in [-0.15, -0.1) is 0 Å². The maximum absolute atomic E-state index is 13.5. The molecule has 5 nitrogen and oxygen atoms in total. The number of aromatic nitrogens is 2. The summed E-state index contributed by atoms with van der Waals surface area (Å²) in [6.45, 7) is 2.45. The Balaban J connectivity index is 2.20. The van der Waals surface area contributed by atoms with Gasteiger partial charge in [0.15, 0.2) is 0 Å². The van der Waals surface area contributed by atoms with E-state index in [0.29, 0.717) is 6.54 Å². The summed E-state index contributed by atoms with van der Waals surface area (Å²) in [5.41, 5.74) is -0.235. The van der Waals surface area contributed by atoms with Crippen LogP contribution in [0.2, 0.25) is 0 Å². The second kappa shape index (κ2) is 6.74. The van der Waals surface area contributed by atoms with Crippen LogP contribution in [0.25, 0.3) is 0 Å². The maximum Gasteiger partial charge on any atom is 0.270 e. The van der Waals surface area contributed by atoms with Crippen LogP contribution in [0.3, 0.4) is 0 Å². The number of carbonyl (C=O) groups is 1. The van der Waals surface area contributed by atoms with Crippen LogP contribution in [0, 0.1) is 11.6 Å². The van der Waals surface area contributed by atoms with Crippen molar-refractivity contribution >= 4 is 17.5 Å². The van der Waals surface area contributed by atoms with E-state index in [1.165, 1.54) is 18.3 Å². The fourth-order valence-electron chi connectivity index (χ4n) is 1.60. The largest absolute Gasteiger partial charge is 0.351 e. The smallest absolute Gasteiger partial charge is 0.270 e. The lowest BCUT2D eigenvalue weighted by Crippen LogP contribution is -2.25. The van der Waals surface area contributed by atoms with Crippen LogP contribution < -0.4 is 10.6 Å². The number of hydrogen-bond acceptors (Lipinski definition) is 4. The van der Waals surface area contributed by atoms with Crippen LogP contribution in [-0.2, 0) is 0 Å². The first kappa shape index (κ1) is 14.8. The van der Waals surface area contributed by atoms with Crippen LogP contribution in [0.5, 0.6) is 0 Å². The predicted octanol–water partition coefficient (Wildman–Crippen LogP) is 2.64. The molecule has 110 valence electrons. The zero-order valence-corrected chi connectivity index (χ0v) is 11.4. The first-order chi connectivity index (χ1) is 10.1. The van der Waals surface area contributed by atoms with E-state index < -0.39 is 11.6 Å². The molecule has 7 heteroatoms. The number of nitrogens with zero attached hydrogens (tertiary/aromatic N) is 2. The molecule has 21 heavy (non-hydrogen) atoms. The van der Waals surface area contributed by atoms with E-state index >= 15 is 0 Å². The molecule has 0 aliphatic heterocycles. The summed E-state index contributed by atoms with van der Waals surface area (Å²) in [5, 5.41) is 5.10. The minimum Gasteiger partial charge on any atom is -0.351 e. The summed E-state index contributed by atoms with van der Waals surface area (Å²) in [6, 6.07) is 4.91. The van der Waals surface area contributed by atoms with Crippen LogP contribution in [-0.4, -0.2) is 22.4 Å². The summed E-state index contributed by atoms with van der Waals surface area (Å²) in [7, 11) is 0. The minimum atomic E-state index is -0.764. The number of benzene rings is 1. The van der Waals surface area contributed by atoms with Gasteiger partial charge in [0.2, 0.25) is 5.95 Å². The number of halogens is 2. The van der Waals surface area contributed by atoms with E-state index in [1.54, 1.807) is 0 Å². The monoisotopic (exact) mass is 292 g/mol. The molecule has 0 bridgehead atoms. The van der Waals surface area contributed by atoms with E-state index in [1.807, 2.05) is 6.92 Å². The molecule has 0 spiro atoms. The summed E-state index contributed by atoms with van der Waals surface area (Å²) in [4.78, 5) is 19.5. The molecule has 0 unspecified atom stereocenters. The number of rotatable bonds is 5. The topological polar surface area (TPSA) is 66.9 Å². The van der Waals surface area contributed by atoms with Gasteiger partial charge in [0.25, 0.3) is 5.91 Å². The number of anilines is 2. The molecule has 0 saturated carbocycles. The lowest BCUT2D eigenvalue weighted by molar-refractivity contribution is 0.0948. The van der Waals surface area contributed by atoms with Crippen molar-refractivity contribution in [2.24, 2.45) is 0 Å². The third-order valence-electron chi connectivity index (χ3n) is 2.62. The minimum absolute atomic E-state index is 0.0526. The lowest BCUT2D eigenvalue weighted by Gasteiger charge is -2.08. The van der Waals surface area contributed by atoms with Gasteiger partial charge in [-0.1, -0.05) is 13.0 Å². The quantitative estimate of drug-likeness (QED) is 0.889. The second-order valence-corrected chi connectivity index (χ2v) is 4.24. The van der Waals surface area contributed by atoms with Gasteiger partial charge in [0.1, 0.15) is 23.0 Å². The summed E-state index contributed by atoms with van der Waals surface area (Å²) < 4.78 is 27.0. The zero-order valence-electron chi connectivity index (χ0n) is 11.4. The normalized spacial score (nSPS) is 10.2. The summed E-state index contributed by atoms with van der Waals surface area (Å²) in [5.74, 6) is -1.95. The van der Waals surface area contributed by atoms with Crippen molar-refractivity contribution in [2.45, 2.75) is 13.3 Å². The molecule has 0 radical (unpaired) electrons. The second-order valence-electron chi connectivity index (χ2n) is 4.24. The van der Waals surface area contributed by atoms with Crippen molar-refractivity contribution in [2.75, 3.05) is 11.9 Å². The molecule has 0 atom stereocenters. The fraction of sp³-hybridized carbons (Fsp3) is 0.214. The average Bonchev–Trinajstić information content (AvgIpc) is 2.49. The van der Waals surface area contributed by atoms with Gasteiger partial charge in [-0.25, -0.2) is 18.7 Å². The molecular formula is C14H14F2N4O. The molecule has 0 saturated heterocycles. The first-order valence-electron chi connectivity index (χ1n) is 6.44. The average molecular weight is 292 g/mol. The Morgan fingerprint density at radius 3 is 2.62 bits per heavy atom. The number of para-hydroxylation sites is 1. The Kier molecular flexibility index (Phi) is 4.76. The molecule has 0 fully saturated rings. The van der Waals surface area contributed by atoms with Crippen molar-refractivity contribution in [3.05, 3.63) is 47.8 Å². The number of amides is 1. The Morgan fingerprint density at radius 2 is 1.95 bits per heavy atom. The van der Waals surface area contributed by atoms with Gasteiger partial charge in [-0.3, -0.25) is 4.79 Å². The highest BCUT2D eigenvalue weighted by atomic mass is 19.1. The Labute approximate surface area is 120 Å². The lowest BCUT2D eigenvalue weighted by atomic mass is 10.3. The molecule has 1 aromatic carbocycles. The van der Waals surface area contributed by atoms with Crippen LogP contribution in [0.15, 0.2) is 30.5 Å². The van der Waals surface area contributed by atoms with Gasteiger partial charge in [-0.2, -0.15) is 0 Å². The third-order valence-corrected chi connectivity index (χ3v) is 2.62. The van der Waals surface area contributed by atoms with E-state index in [0.717, 1.165) is 18.6 Å². The van der Waals surface area contributed by atoms with Crippen molar-refractivity contribution in [3.63, 3.8) is 0 Å². The molecular weight excluding hydrogens is 278 g/mol. The Hall–Kier alpha value is -2.57. The van der Waals surface area contributed by atoms with Gasteiger partial charge < -0.3 is 10.6 Å². The molecule has 0 aliphatic rings. The standard InChI is InChI=1S/C14H14F2N4O/c1-2-7-17-13(21)11-6-8-18-14(19-11)20-12-9(15)4-3-5-10(12)16/h3-6,8H,2,7H2,1H3,(H,17,21)(H,18,19,20). The van der Waals surface area contributed by atoms with Crippen LogP contribution >= 0.6 is 0 Å². The summed E-state index contributed by atoms with van der Waals surface area (Å²) in [6.07, 6.45) is 2.14. The summed E-state index contributed by atoms with van der Waals surface area (Å²) >= 11 is 0. The van der Waals surface area contributed by atoms with Crippen molar-refractivity contribution in [3.8, 4) is 0 Å². The first-order valence-corrected chi connectivity index (χ1v) is 6.44. The molecule has 2 N–H and O–H groups in total. The SMILES string of the molecule is CCCNC(=O)c1ccnc(Nc2c(F)cccc2F)n1. The molecule has 2 rings (SSSR count). The predicted molar refractivity (Wildman–Crippen MR) is 74.3 cm³/mol. The highest BCUT2D eigenvalue weighted by Crippen LogP contribution is 2.20. The molecule has 1 heterocycles. The van der Waals surface area contributed by atoms with Gasteiger partial charge in [0, 0.05) is 12.7 Å². The maximum atomic E-state index is 13.5. The number of hydrogen-bond donors (Lipinski definition) is 2. The highest BCUT2D eigenvalue weighted by molar-refractivity contribution is 5.92. The van der Waals surface area contributed by atoms with Crippen molar-refractivity contribution < 1.29 is 13.6 Å². The molecule has 2 aromatic rings. The van der Waals surface area contributed by atoms with E-state index in [4.69, 9.17) is 0 Å². The Morgan fingerprint density at radius 1 is 1.24 bits per heavy atom. The van der Waals surface area contributed by atoms with Gasteiger partial charge >= 0.3 is 0 Å². The third kappa shape index (κ3) is 3.71. The Bertz CT molecular complexity index is 628. The highest BCUT2D eigenvalue weighted by Gasteiger charge is 2.12. The van der Waals surface area contributed by atoms with Crippen molar-refractivity contribution in [1.29, 1.82) is 0 Å².